The molecule has 1 saturated carbocycles. The van der Waals surface area contributed by atoms with Gasteiger partial charge in [-0.3, -0.25) is 0 Å². The lowest BCUT2D eigenvalue weighted by molar-refractivity contribution is 0.233. The number of likely N-dealkylation sites (tertiary alicyclic amines) is 1. The van der Waals surface area contributed by atoms with Gasteiger partial charge in [0.05, 0.1) is 18.7 Å². The van der Waals surface area contributed by atoms with Crippen molar-refractivity contribution in [2.24, 2.45) is 0 Å². The molecule has 0 atom stereocenters. The van der Waals surface area contributed by atoms with Crippen LogP contribution in [0.2, 0.25) is 5.02 Å². The quantitative estimate of drug-likeness (QED) is 0.479. The number of ether oxygens (including phenoxy) is 1. The summed E-state index contributed by atoms with van der Waals surface area (Å²) in [5.41, 5.74) is 0.807. The molecule has 0 amide bonds. The van der Waals surface area contributed by atoms with Crippen molar-refractivity contribution in [1.82, 2.24) is 25.2 Å². The predicted octanol–water partition coefficient (Wildman–Crippen LogP) is 4.60. The second kappa shape index (κ2) is 11.8. The van der Waals surface area contributed by atoms with Gasteiger partial charge in [-0.25, -0.2) is 0 Å². The van der Waals surface area contributed by atoms with Gasteiger partial charge in [-0.15, -0.1) is 0 Å². The van der Waals surface area contributed by atoms with Gasteiger partial charge in [-0.2, -0.15) is 15.0 Å². The molecule has 180 valence electrons. The molecule has 1 aromatic carbocycles. The molecule has 4 rings (SSSR count). The van der Waals surface area contributed by atoms with E-state index in [-0.39, 0.29) is 0 Å². The van der Waals surface area contributed by atoms with Crippen LogP contribution in [0.5, 0.6) is 5.75 Å². The standard InChI is InChI=1S/C24H36ClN7O/c1-32-13-11-17(12-14-32)26-16-22-29-23(27-18-7-5-3-4-6-8-18)31-24(30-22)28-19-9-10-21(33-2)20(25)15-19/h9-10,15,17-18,26H,3-8,11-14,16H2,1-2H3,(H2,27,28,29,30,31). The highest BCUT2D eigenvalue weighted by atomic mass is 35.5. The third-order valence-corrected chi connectivity index (χ3v) is 6.84. The topological polar surface area (TPSA) is 87.2 Å². The van der Waals surface area contributed by atoms with Crippen LogP contribution in [0.3, 0.4) is 0 Å². The molecular weight excluding hydrogens is 438 g/mol. The molecule has 0 bridgehead atoms. The number of anilines is 3. The average molecular weight is 474 g/mol. The Hall–Kier alpha value is -2.16. The average Bonchev–Trinajstić information content (AvgIpc) is 3.07. The molecule has 8 nitrogen and oxygen atoms in total. The number of nitrogens with one attached hydrogen (secondary N) is 3. The van der Waals surface area contributed by atoms with Crippen LogP contribution in [0.1, 0.15) is 57.2 Å². The Bertz CT molecular complexity index is 896. The summed E-state index contributed by atoms with van der Waals surface area (Å²) in [7, 11) is 3.78. The van der Waals surface area contributed by atoms with Gasteiger partial charge in [-0.05, 0) is 64.0 Å². The molecule has 33 heavy (non-hydrogen) atoms. The first-order valence-corrected chi connectivity index (χ1v) is 12.5. The van der Waals surface area contributed by atoms with Crippen molar-refractivity contribution >= 4 is 29.2 Å². The van der Waals surface area contributed by atoms with Crippen LogP contribution in [-0.4, -0.2) is 59.2 Å². The fourth-order valence-electron chi connectivity index (χ4n) is 4.55. The highest BCUT2D eigenvalue weighted by molar-refractivity contribution is 6.32. The third-order valence-electron chi connectivity index (χ3n) is 6.55. The van der Waals surface area contributed by atoms with Gasteiger partial charge in [-0.1, -0.05) is 37.3 Å². The smallest absolute Gasteiger partial charge is 0.232 e. The van der Waals surface area contributed by atoms with E-state index in [1.54, 1.807) is 7.11 Å². The van der Waals surface area contributed by atoms with Crippen molar-refractivity contribution in [3.8, 4) is 5.75 Å². The Morgan fingerprint density at radius 2 is 1.70 bits per heavy atom. The molecule has 0 radical (unpaired) electrons. The Kier molecular flexibility index (Phi) is 8.58. The molecule has 3 N–H and O–H groups in total. The molecule has 1 saturated heterocycles. The highest BCUT2D eigenvalue weighted by Gasteiger charge is 2.18. The largest absolute Gasteiger partial charge is 0.495 e. The minimum absolute atomic E-state index is 0.410. The third kappa shape index (κ3) is 7.16. The van der Waals surface area contributed by atoms with Crippen LogP contribution in [0.15, 0.2) is 18.2 Å². The van der Waals surface area contributed by atoms with Gasteiger partial charge < -0.3 is 25.6 Å². The van der Waals surface area contributed by atoms with Crippen molar-refractivity contribution < 1.29 is 4.74 Å². The van der Waals surface area contributed by atoms with E-state index in [9.17, 15) is 0 Å². The van der Waals surface area contributed by atoms with Crippen LogP contribution in [0, 0.1) is 0 Å². The second-order valence-electron chi connectivity index (χ2n) is 9.16. The second-order valence-corrected chi connectivity index (χ2v) is 9.57. The first-order chi connectivity index (χ1) is 16.1. The molecule has 2 heterocycles. The first kappa shape index (κ1) is 24.0. The van der Waals surface area contributed by atoms with Crippen LogP contribution < -0.4 is 20.7 Å². The Labute approximate surface area is 201 Å². The van der Waals surface area contributed by atoms with Crippen LogP contribution in [-0.2, 0) is 6.54 Å². The Morgan fingerprint density at radius 1 is 0.970 bits per heavy atom. The lowest BCUT2D eigenvalue weighted by Gasteiger charge is -2.29. The number of hydrogen-bond donors (Lipinski definition) is 3. The zero-order chi connectivity index (χ0) is 23.0. The molecule has 2 aliphatic rings. The maximum Gasteiger partial charge on any atom is 0.232 e. The SMILES string of the molecule is COc1ccc(Nc2nc(CNC3CCN(C)CC3)nc(NC3CCCCCC3)n2)cc1Cl. The monoisotopic (exact) mass is 473 g/mol. The Morgan fingerprint density at radius 3 is 2.39 bits per heavy atom. The van der Waals surface area contributed by atoms with Crippen LogP contribution in [0.4, 0.5) is 17.6 Å². The Balaban J connectivity index is 1.49. The van der Waals surface area contributed by atoms with E-state index in [1.165, 1.54) is 25.7 Å². The summed E-state index contributed by atoms with van der Waals surface area (Å²) in [4.78, 5) is 16.5. The zero-order valence-electron chi connectivity index (χ0n) is 19.7. The predicted molar refractivity (Wildman–Crippen MR) is 134 cm³/mol. The first-order valence-electron chi connectivity index (χ1n) is 12.1. The lowest BCUT2D eigenvalue weighted by Crippen LogP contribution is -2.40. The van der Waals surface area contributed by atoms with Gasteiger partial charge >= 0.3 is 0 Å². The van der Waals surface area contributed by atoms with Gasteiger partial charge in [0.2, 0.25) is 11.9 Å². The molecule has 0 unspecified atom stereocenters. The summed E-state index contributed by atoms with van der Waals surface area (Å²) < 4.78 is 5.26. The summed E-state index contributed by atoms with van der Waals surface area (Å²) in [6.07, 6.45) is 9.73. The number of benzene rings is 1. The number of piperidine rings is 1. The summed E-state index contributed by atoms with van der Waals surface area (Å²) >= 11 is 6.30. The van der Waals surface area contributed by atoms with Gasteiger partial charge in [0, 0.05) is 17.8 Å². The highest BCUT2D eigenvalue weighted by Crippen LogP contribution is 2.28. The fourth-order valence-corrected chi connectivity index (χ4v) is 4.80. The van der Waals surface area contributed by atoms with E-state index in [2.05, 4.69) is 32.9 Å². The van der Waals surface area contributed by atoms with Crippen LogP contribution in [0.25, 0.3) is 0 Å². The molecule has 2 aromatic rings. The van der Waals surface area contributed by atoms with Gasteiger partial charge in [0.15, 0.2) is 0 Å². The molecule has 9 heteroatoms. The van der Waals surface area contributed by atoms with Crippen molar-refractivity contribution in [1.29, 1.82) is 0 Å². The molecule has 1 aliphatic carbocycles. The van der Waals surface area contributed by atoms with E-state index < -0.39 is 0 Å². The molecule has 0 spiro atoms. The zero-order valence-corrected chi connectivity index (χ0v) is 20.5. The maximum atomic E-state index is 6.30. The van der Waals surface area contributed by atoms with Crippen molar-refractivity contribution in [3.05, 3.63) is 29.0 Å². The van der Waals surface area contributed by atoms with E-state index >= 15 is 0 Å². The number of nitrogens with zero attached hydrogens (tertiary/aromatic N) is 4. The normalized spacial score (nSPS) is 18.6. The summed E-state index contributed by atoms with van der Waals surface area (Å²) in [6, 6.07) is 6.46. The number of hydrogen-bond acceptors (Lipinski definition) is 8. The number of aromatic nitrogens is 3. The van der Waals surface area contributed by atoms with E-state index in [1.807, 2.05) is 18.2 Å². The number of rotatable bonds is 8. The lowest BCUT2D eigenvalue weighted by atomic mass is 10.1. The maximum absolute atomic E-state index is 6.30. The van der Waals surface area contributed by atoms with Crippen molar-refractivity contribution in [3.63, 3.8) is 0 Å². The number of halogens is 1. The van der Waals surface area contributed by atoms with E-state index in [0.29, 0.717) is 41.3 Å². The molecule has 1 aliphatic heterocycles. The molecule has 1 aromatic heterocycles. The molecule has 2 fully saturated rings. The van der Waals surface area contributed by atoms with Crippen molar-refractivity contribution in [2.75, 3.05) is 37.9 Å². The van der Waals surface area contributed by atoms with Gasteiger partial charge in [0.1, 0.15) is 11.6 Å². The van der Waals surface area contributed by atoms with E-state index in [0.717, 1.165) is 50.3 Å². The van der Waals surface area contributed by atoms with Crippen molar-refractivity contribution in [2.45, 2.75) is 70.0 Å². The van der Waals surface area contributed by atoms with Crippen LogP contribution >= 0.6 is 11.6 Å². The molecular formula is C24H36ClN7O. The number of methoxy groups -OCH3 is 1. The summed E-state index contributed by atoms with van der Waals surface area (Å²) in [5, 5.41) is 11.1. The minimum atomic E-state index is 0.410. The summed E-state index contributed by atoms with van der Waals surface area (Å²) in [6.45, 7) is 2.86. The summed E-state index contributed by atoms with van der Waals surface area (Å²) in [5.74, 6) is 2.53. The fraction of sp³-hybridized carbons (Fsp3) is 0.625. The van der Waals surface area contributed by atoms with Gasteiger partial charge in [0.25, 0.3) is 0 Å². The minimum Gasteiger partial charge on any atom is -0.495 e. The van der Waals surface area contributed by atoms with E-state index in [4.69, 9.17) is 26.3 Å².